The summed E-state index contributed by atoms with van der Waals surface area (Å²) in [6.07, 6.45) is 7.80. The minimum Gasteiger partial charge on any atom is -0.361 e. The van der Waals surface area contributed by atoms with E-state index in [0.29, 0.717) is 17.8 Å². The number of nitrogens with zero attached hydrogens (tertiary/aromatic N) is 3. The summed E-state index contributed by atoms with van der Waals surface area (Å²) < 4.78 is 8.00. The van der Waals surface area contributed by atoms with Crippen LogP contribution in [-0.2, 0) is 18.3 Å². The molecule has 0 amide bonds. The smallest absolute Gasteiger partial charge is 0.143 e. The van der Waals surface area contributed by atoms with Gasteiger partial charge in [-0.1, -0.05) is 61.5 Å². The van der Waals surface area contributed by atoms with E-state index in [-0.39, 0.29) is 5.41 Å². The van der Waals surface area contributed by atoms with Gasteiger partial charge in [0, 0.05) is 22.8 Å². The lowest BCUT2D eigenvalue weighted by atomic mass is 9.56. The number of rotatable bonds is 3. The highest BCUT2D eigenvalue weighted by Crippen LogP contribution is 2.56. The Labute approximate surface area is 194 Å². The van der Waals surface area contributed by atoms with Crippen LogP contribution in [0.5, 0.6) is 0 Å². The topological polar surface area (TPSA) is 43.9 Å². The van der Waals surface area contributed by atoms with Gasteiger partial charge in [-0.15, -0.1) is 0 Å². The molecule has 0 N–H and O–H groups in total. The zero-order valence-corrected chi connectivity index (χ0v) is 19.3. The van der Waals surface area contributed by atoms with Crippen molar-refractivity contribution in [1.29, 1.82) is 0 Å². The maximum atomic E-state index is 5.70. The second kappa shape index (κ2) is 6.93. The van der Waals surface area contributed by atoms with Gasteiger partial charge in [0.25, 0.3) is 0 Å². The summed E-state index contributed by atoms with van der Waals surface area (Å²) in [5.41, 5.74) is 9.29. The Bertz CT molecular complexity index is 1330. The van der Waals surface area contributed by atoms with Gasteiger partial charge < -0.3 is 4.52 Å². The first-order chi connectivity index (χ1) is 16.1. The largest absolute Gasteiger partial charge is 0.361 e. The fourth-order valence-electron chi connectivity index (χ4n) is 6.76. The van der Waals surface area contributed by atoms with E-state index in [2.05, 4.69) is 78.3 Å². The van der Waals surface area contributed by atoms with Crippen LogP contribution in [0.3, 0.4) is 0 Å². The molecule has 4 nitrogen and oxygen atoms in total. The normalized spacial score (nSPS) is 25.9. The zero-order valence-electron chi connectivity index (χ0n) is 19.3. The molecule has 0 saturated heterocycles. The van der Waals surface area contributed by atoms with Gasteiger partial charge in [-0.2, -0.15) is 5.10 Å². The van der Waals surface area contributed by atoms with Crippen LogP contribution in [0.15, 0.2) is 65.3 Å². The van der Waals surface area contributed by atoms with E-state index in [1.54, 1.807) is 0 Å². The molecule has 2 heterocycles. The van der Waals surface area contributed by atoms with Gasteiger partial charge in [0.05, 0.1) is 23.3 Å². The highest BCUT2D eigenvalue weighted by atomic mass is 16.5. The van der Waals surface area contributed by atoms with Gasteiger partial charge in [0.15, 0.2) is 0 Å². The van der Waals surface area contributed by atoms with Crippen molar-refractivity contribution in [3.05, 3.63) is 89.1 Å². The molecule has 0 spiro atoms. The molecule has 7 rings (SSSR count). The fraction of sp³-hybridized carbons (Fsp3) is 0.379. The molecule has 3 aliphatic rings. The summed E-state index contributed by atoms with van der Waals surface area (Å²) in [5.74, 6) is 2.66. The third kappa shape index (κ3) is 2.82. The van der Waals surface area contributed by atoms with Crippen molar-refractivity contribution < 1.29 is 4.52 Å². The molecule has 4 aromatic rings. The summed E-state index contributed by atoms with van der Waals surface area (Å²) in [5, 5.41) is 9.47. The first kappa shape index (κ1) is 19.3. The van der Waals surface area contributed by atoms with Crippen molar-refractivity contribution >= 4 is 0 Å². The average molecular weight is 436 g/mol. The van der Waals surface area contributed by atoms with Crippen molar-refractivity contribution in [3.63, 3.8) is 0 Å². The summed E-state index contributed by atoms with van der Waals surface area (Å²) >= 11 is 0. The van der Waals surface area contributed by atoms with Gasteiger partial charge in [0.2, 0.25) is 0 Å². The lowest BCUT2D eigenvalue weighted by molar-refractivity contribution is 0.170. The highest BCUT2D eigenvalue weighted by Gasteiger charge is 2.52. The molecule has 0 aliphatic heterocycles. The van der Waals surface area contributed by atoms with Crippen molar-refractivity contribution in [2.24, 2.45) is 5.92 Å². The first-order valence-corrected chi connectivity index (χ1v) is 12.3. The Morgan fingerprint density at radius 3 is 2.48 bits per heavy atom. The van der Waals surface area contributed by atoms with Crippen LogP contribution in [0.4, 0.5) is 0 Å². The third-order valence-corrected chi connectivity index (χ3v) is 8.51. The number of hydrogen-bond donors (Lipinski definition) is 0. The summed E-state index contributed by atoms with van der Waals surface area (Å²) in [6, 6.07) is 19.6. The predicted molar refractivity (Wildman–Crippen MR) is 129 cm³/mol. The van der Waals surface area contributed by atoms with Crippen LogP contribution < -0.4 is 0 Å². The predicted octanol–water partition coefficient (Wildman–Crippen LogP) is 6.58. The standard InChI is InChI=1S/C29H29N3O/c1-18-25-15-14-24-26(21-8-9-21)31-32(28(24)29(25,2)16-22-17-30-33-27(18)22)23-12-10-20(11-13-23)19-6-4-3-5-7-19/h3-7,10-13,17-18,21,25H,8-9,14-16H2,1-2H3/t18-,25-,29-/m1/s1. The van der Waals surface area contributed by atoms with Gasteiger partial charge in [0.1, 0.15) is 5.76 Å². The summed E-state index contributed by atoms with van der Waals surface area (Å²) in [7, 11) is 0. The molecular weight excluding hydrogens is 406 g/mol. The molecule has 1 saturated carbocycles. The van der Waals surface area contributed by atoms with Crippen molar-refractivity contribution in [1.82, 2.24) is 14.9 Å². The molecule has 3 atom stereocenters. The van der Waals surface area contributed by atoms with Crippen LogP contribution in [0.2, 0.25) is 0 Å². The minimum atomic E-state index is 0.0315. The van der Waals surface area contributed by atoms with Gasteiger partial charge >= 0.3 is 0 Å². The number of benzene rings is 2. The Kier molecular flexibility index (Phi) is 4.06. The number of fused-ring (bicyclic) bond motifs is 4. The lowest BCUT2D eigenvalue weighted by Gasteiger charge is -2.47. The van der Waals surface area contributed by atoms with E-state index in [1.807, 2.05) is 6.20 Å². The molecule has 0 radical (unpaired) electrons. The van der Waals surface area contributed by atoms with E-state index in [9.17, 15) is 0 Å². The third-order valence-electron chi connectivity index (χ3n) is 8.51. The Hall–Kier alpha value is -3.14. The Balaban J connectivity index is 1.38. The van der Waals surface area contributed by atoms with E-state index >= 15 is 0 Å². The molecule has 0 bridgehead atoms. The van der Waals surface area contributed by atoms with Crippen molar-refractivity contribution in [2.75, 3.05) is 0 Å². The summed E-state index contributed by atoms with van der Waals surface area (Å²) in [4.78, 5) is 0. The zero-order chi connectivity index (χ0) is 22.2. The maximum Gasteiger partial charge on any atom is 0.143 e. The van der Waals surface area contributed by atoms with E-state index < -0.39 is 0 Å². The molecule has 166 valence electrons. The molecule has 4 heteroatoms. The van der Waals surface area contributed by atoms with E-state index in [1.165, 1.54) is 58.6 Å². The monoisotopic (exact) mass is 435 g/mol. The van der Waals surface area contributed by atoms with Gasteiger partial charge in [-0.25, -0.2) is 4.68 Å². The first-order valence-electron chi connectivity index (χ1n) is 12.3. The van der Waals surface area contributed by atoms with E-state index in [4.69, 9.17) is 9.62 Å². The molecular formula is C29H29N3O. The van der Waals surface area contributed by atoms with Crippen LogP contribution in [-0.4, -0.2) is 14.9 Å². The van der Waals surface area contributed by atoms with Crippen LogP contribution in [0.1, 0.15) is 73.2 Å². The average Bonchev–Trinajstić information content (AvgIpc) is 3.44. The van der Waals surface area contributed by atoms with Crippen LogP contribution in [0.25, 0.3) is 16.8 Å². The van der Waals surface area contributed by atoms with Crippen LogP contribution in [0, 0.1) is 5.92 Å². The molecule has 1 fully saturated rings. The van der Waals surface area contributed by atoms with Crippen molar-refractivity contribution in [2.45, 2.75) is 63.2 Å². The van der Waals surface area contributed by atoms with Crippen LogP contribution >= 0.6 is 0 Å². The van der Waals surface area contributed by atoms with Crippen molar-refractivity contribution in [3.8, 4) is 16.8 Å². The highest BCUT2D eigenvalue weighted by molar-refractivity contribution is 5.64. The number of hydrogen-bond acceptors (Lipinski definition) is 3. The quantitative estimate of drug-likeness (QED) is 0.365. The van der Waals surface area contributed by atoms with Gasteiger partial charge in [-0.3, -0.25) is 0 Å². The maximum absolute atomic E-state index is 5.70. The fourth-order valence-corrected chi connectivity index (χ4v) is 6.76. The van der Waals surface area contributed by atoms with Gasteiger partial charge in [-0.05, 0) is 66.8 Å². The second-order valence-corrected chi connectivity index (χ2v) is 10.6. The minimum absolute atomic E-state index is 0.0315. The SMILES string of the molecule is C[C@H]1c2oncc2C[C@@]2(C)c3c(c(C4CC4)nn3-c3ccc(-c4ccccc4)cc3)CC[C@H]12. The second-order valence-electron chi connectivity index (χ2n) is 10.6. The molecule has 3 aliphatic carbocycles. The number of aromatic nitrogens is 3. The molecule has 33 heavy (non-hydrogen) atoms. The Morgan fingerprint density at radius 2 is 1.73 bits per heavy atom. The summed E-state index contributed by atoms with van der Waals surface area (Å²) in [6.45, 7) is 4.80. The van der Waals surface area contributed by atoms with E-state index in [0.717, 1.165) is 18.6 Å². The molecule has 0 unspecified atom stereocenters. The Morgan fingerprint density at radius 1 is 0.970 bits per heavy atom. The molecule has 2 aromatic heterocycles. The molecule has 2 aromatic carbocycles. The lowest BCUT2D eigenvalue weighted by Crippen LogP contribution is -2.45.